The van der Waals surface area contributed by atoms with Gasteiger partial charge >= 0.3 is 0 Å². The van der Waals surface area contributed by atoms with Crippen molar-refractivity contribution in [3.63, 3.8) is 0 Å². The minimum Gasteiger partial charge on any atom is -0.482 e. The maximum absolute atomic E-state index is 11.6. The minimum atomic E-state index is -0.624. The average Bonchev–Trinajstić information content (AvgIpc) is 2.40. The summed E-state index contributed by atoms with van der Waals surface area (Å²) in [7, 11) is 0. The second-order valence-electron chi connectivity index (χ2n) is 4.05. The Balaban J connectivity index is 2.47. The summed E-state index contributed by atoms with van der Waals surface area (Å²) in [4.78, 5) is 23.1. The van der Waals surface area contributed by atoms with E-state index in [2.05, 4.69) is 10.6 Å². The predicted octanol–water partition coefficient (Wildman–Crippen LogP) is 2.01. The van der Waals surface area contributed by atoms with Crippen LogP contribution in [0.2, 0.25) is 10.0 Å². The summed E-state index contributed by atoms with van der Waals surface area (Å²) >= 11 is 11.7. The topological polar surface area (TPSA) is 67.4 Å². The van der Waals surface area contributed by atoms with Crippen molar-refractivity contribution in [3.8, 4) is 5.75 Å². The van der Waals surface area contributed by atoms with E-state index in [4.69, 9.17) is 27.9 Å². The summed E-state index contributed by atoms with van der Waals surface area (Å²) < 4.78 is 5.26. The monoisotopic (exact) mass is 318 g/mol. The summed E-state index contributed by atoms with van der Waals surface area (Å²) in [5.41, 5.74) is 0. The molecule has 0 saturated carbocycles. The lowest BCUT2D eigenvalue weighted by Gasteiger charge is -2.14. The van der Waals surface area contributed by atoms with Crippen LogP contribution in [0.1, 0.15) is 13.8 Å². The molecule has 20 heavy (non-hydrogen) atoms. The third kappa shape index (κ3) is 5.27. The molecule has 1 aromatic carbocycles. The van der Waals surface area contributed by atoms with Gasteiger partial charge in [-0.05, 0) is 26.0 Å². The number of halogens is 2. The van der Waals surface area contributed by atoms with Gasteiger partial charge in [-0.2, -0.15) is 0 Å². The normalized spacial score (nSPS) is 11.6. The Morgan fingerprint density at radius 1 is 1.35 bits per heavy atom. The molecule has 7 heteroatoms. The number of amides is 2. The van der Waals surface area contributed by atoms with Crippen LogP contribution in [0.15, 0.2) is 18.2 Å². The molecule has 0 aliphatic carbocycles. The van der Waals surface area contributed by atoms with E-state index in [1.165, 1.54) is 6.07 Å². The molecule has 0 radical (unpaired) electrons. The van der Waals surface area contributed by atoms with Crippen LogP contribution in [0.5, 0.6) is 5.75 Å². The Morgan fingerprint density at radius 2 is 2.05 bits per heavy atom. The highest BCUT2D eigenvalue weighted by Gasteiger charge is 2.15. The third-order valence-electron chi connectivity index (χ3n) is 2.37. The predicted molar refractivity (Wildman–Crippen MR) is 78.2 cm³/mol. The lowest BCUT2D eigenvalue weighted by atomic mass is 10.3. The second-order valence-corrected chi connectivity index (χ2v) is 4.89. The van der Waals surface area contributed by atoms with Crippen molar-refractivity contribution in [2.45, 2.75) is 19.9 Å². The number of hydrogen-bond donors (Lipinski definition) is 2. The van der Waals surface area contributed by atoms with E-state index in [-0.39, 0.29) is 12.5 Å². The highest BCUT2D eigenvalue weighted by atomic mass is 35.5. The van der Waals surface area contributed by atoms with Gasteiger partial charge in [-0.1, -0.05) is 23.2 Å². The van der Waals surface area contributed by atoms with Crippen LogP contribution >= 0.6 is 23.2 Å². The average molecular weight is 319 g/mol. The first kappa shape index (κ1) is 16.6. The molecule has 0 spiro atoms. The maximum Gasteiger partial charge on any atom is 0.258 e. The number of likely N-dealkylation sites (N-methyl/N-ethyl adjacent to an activating group) is 1. The summed E-state index contributed by atoms with van der Waals surface area (Å²) in [5.74, 6) is -0.346. The number of carbonyl (C=O) groups excluding carboxylic acids is 2. The molecule has 1 rings (SSSR count). The molecule has 0 aromatic heterocycles. The van der Waals surface area contributed by atoms with Crippen LogP contribution in [0, 0.1) is 0 Å². The van der Waals surface area contributed by atoms with E-state index >= 15 is 0 Å². The van der Waals surface area contributed by atoms with Crippen molar-refractivity contribution < 1.29 is 14.3 Å². The number of ether oxygens (including phenoxy) is 1. The van der Waals surface area contributed by atoms with Crippen molar-refractivity contribution in [2.24, 2.45) is 0 Å². The molecule has 5 nitrogen and oxygen atoms in total. The Kier molecular flexibility index (Phi) is 6.61. The van der Waals surface area contributed by atoms with Crippen LogP contribution in [-0.4, -0.2) is 31.0 Å². The number of carbonyl (C=O) groups is 2. The highest BCUT2D eigenvalue weighted by molar-refractivity contribution is 6.34. The Labute approximate surface area is 127 Å². The van der Waals surface area contributed by atoms with E-state index in [0.29, 0.717) is 22.3 Å². The molecule has 2 N–H and O–H groups in total. The molecule has 0 heterocycles. The second kappa shape index (κ2) is 7.97. The van der Waals surface area contributed by atoms with E-state index in [0.717, 1.165) is 0 Å². The van der Waals surface area contributed by atoms with Gasteiger partial charge in [-0.3, -0.25) is 9.59 Å². The maximum atomic E-state index is 11.6. The summed E-state index contributed by atoms with van der Waals surface area (Å²) in [5, 5.41) is 5.94. The zero-order valence-corrected chi connectivity index (χ0v) is 12.7. The fourth-order valence-electron chi connectivity index (χ4n) is 1.41. The Morgan fingerprint density at radius 3 is 2.70 bits per heavy atom. The molecular weight excluding hydrogens is 303 g/mol. The quantitative estimate of drug-likeness (QED) is 0.843. The van der Waals surface area contributed by atoms with E-state index < -0.39 is 11.9 Å². The van der Waals surface area contributed by atoms with E-state index in [1.54, 1.807) is 26.0 Å². The molecular formula is C13H16Cl2N2O3. The van der Waals surface area contributed by atoms with Crippen molar-refractivity contribution in [1.82, 2.24) is 10.6 Å². The lowest BCUT2D eigenvalue weighted by Crippen LogP contribution is -2.46. The molecule has 1 aromatic rings. The first-order valence-corrected chi connectivity index (χ1v) is 6.84. The van der Waals surface area contributed by atoms with Gasteiger partial charge in [0.1, 0.15) is 11.8 Å². The number of rotatable bonds is 6. The van der Waals surface area contributed by atoms with E-state index in [1.807, 2.05) is 0 Å². The smallest absolute Gasteiger partial charge is 0.258 e. The summed E-state index contributed by atoms with van der Waals surface area (Å²) in [6, 6.07) is 4.09. The van der Waals surface area contributed by atoms with Gasteiger partial charge in [0, 0.05) is 17.6 Å². The van der Waals surface area contributed by atoms with Gasteiger partial charge in [0.05, 0.1) is 5.02 Å². The minimum absolute atomic E-state index is 0.246. The van der Waals surface area contributed by atoms with Gasteiger partial charge in [0.2, 0.25) is 5.91 Å². The van der Waals surface area contributed by atoms with Crippen LogP contribution in [0.25, 0.3) is 0 Å². The SMILES string of the molecule is CCNC(=O)[C@H](C)NC(=O)COc1cc(Cl)ccc1Cl. The molecule has 0 aliphatic rings. The van der Waals surface area contributed by atoms with Crippen molar-refractivity contribution in [3.05, 3.63) is 28.2 Å². The lowest BCUT2D eigenvalue weighted by molar-refractivity contribution is -0.129. The summed E-state index contributed by atoms with van der Waals surface area (Å²) in [6.45, 7) is 3.66. The largest absolute Gasteiger partial charge is 0.482 e. The molecule has 110 valence electrons. The molecule has 0 aliphatic heterocycles. The Bertz CT molecular complexity index is 495. The first-order valence-electron chi connectivity index (χ1n) is 6.09. The first-order chi connectivity index (χ1) is 9.43. The number of nitrogens with one attached hydrogen (secondary N) is 2. The zero-order chi connectivity index (χ0) is 15.1. The van der Waals surface area contributed by atoms with Crippen LogP contribution in [-0.2, 0) is 9.59 Å². The van der Waals surface area contributed by atoms with Crippen molar-refractivity contribution in [2.75, 3.05) is 13.2 Å². The van der Waals surface area contributed by atoms with Gasteiger partial charge in [-0.15, -0.1) is 0 Å². The number of benzene rings is 1. The van der Waals surface area contributed by atoms with E-state index in [9.17, 15) is 9.59 Å². The summed E-state index contributed by atoms with van der Waals surface area (Å²) in [6.07, 6.45) is 0. The van der Waals surface area contributed by atoms with Crippen LogP contribution < -0.4 is 15.4 Å². The third-order valence-corrected chi connectivity index (χ3v) is 2.92. The molecule has 0 fully saturated rings. The van der Waals surface area contributed by atoms with Crippen LogP contribution in [0.3, 0.4) is 0 Å². The van der Waals surface area contributed by atoms with Crippen molar-refractivity contribution in [1.29, 1.82) is 0 Å². The highest BCUT2D eigenvalue weighted by Crippen LogP contribution is 2.27. The zero-order valence-electron chi connectivity index (χ0n) is 11.2. The van der Waals surface area contributed by atoms with Crippen LogP contribution in [0.4, 0.5) is 0 Å². The van der Waals surface area contributed by atoms with Gasteiger partial charge in [0.15, 0.2) is 6.61 Å². The fourth-order valence-corrected chi connectivity index (χ4v) is 1.74. The number of hydrogen-bond acceptors (Lipinski definition) is 3. The molecule has 0 unspecified atom stereocenters. The molecule has 2 amide bonds. The van der Waals surface area contributed by atoms with Gasteiger partial charge < -0.3 is 15.4 Å². The van der Waals surface area contributed by atoms with Gasteiger partial charge in [0.25, 0.3) is 5.91 Å². The Hall–Kier alpha value is -1.46. The van der Waals surface area contributed by atoms with Gasteiger partial charge in [-0.25, -0.2) is 0 Å². The fraction of sp³-hybridized carbons (Fsp3) is 0.385. The van der Waals surface area contributed by atoms with Crippen molar-refractivity contribution >= 4 is 35.0 Å². The molecule has 1 atom stereocenters. The standard InChI is InChI=1S/C13H16Cl2N2O3/c1-3-16-13(19)8(2)17-12(18)7-20-11-6-9(14)4-5-10(11)15/h4-6,8H,3,7H2,1-2H3,(H,16,19)(H,17,18)/t8-/m0/s1. The molecule has 0 saturated heterocycles. The molecule has 0 bridgehead atoms.